The van der Waals surface area contributed by atoms with E-state index in [1.807, 2.05) is 20.1 Å². The molecule has 0 radical (unpaired) electrons. The van der Waals surface area contributed by atoms with E-state index < -0.39 is 11.4 Å². The van der Waals surface area contributed by atoms with E-state index in [1.54, 1.807) is 11.6 Å². The Bertz CT molecular complexity index is 1230. The Morgan fingerprint density at radius 1 is 1.43 bits per heavy atom. The molecule has 2 aromatic rings. The molecule has 0 amide bonds. The van der Waals surface area contributed by atoms with Crippen molar-refractivity contribution in [1.82, 2.24) is 19.0 Å². The van der Waals surface area contributed by atoms with Gasteiger partial charge in [-0.3, -0.25) is 4.79 Å². The molecule has 28 heavy (non-hydrogen) atoms. The number of halogens is 1. The van der Waals surface area contributed by atoms with E-state index >= 15 is 0 Å². The molecule has 1 aliphatic heterocycles. The van der Waals surface area contributed by atoms with Gasteiger partial charge in [0.25, 0.3) is 11.0 Å². The summed E-state index contributed by atoms with van der Waals surface area (Å²) in [6.45, 7) is 5.32. The van der Waals surface area contributed by atoms with Crippen LogP contribution in [0.4, 0.5) is 4.39 Å². The highest BCUT2D eigenvalue weighted by Gasteiger charge is 2.44. The van der Waals surface area contributed by atoms with Crippen LogP contribution in [0, 0.1) is 11.7 Å². The van der Waals surface area contributed by atoms with Gasteiger partial charge < -0.3 is 5.11 Å². The largest absolute Gasteiger partial charge is 0.464 e. The van der Waals surface area contributed by atoms with E-state index in [0.29, 0.717) is 16.5 Å². The predicted octanol–water partition coefficient (Wildman–Crippen LogP) is 0.132. The minimum absolute atomic E-state index is 0.0137. The van der Waals surface area contributed by atoms with E-state index in [4.69, 9.17) is 0 Å². The van der Waals surface area contributed by atoms with Gasteiger partial charge in [-0.15, -0.1) is 4.67 Å². The van der Waals surface area contributed by atoms with Crippen LogP contribution in [0.15, 0.2) is 21.9 Å². The molecule has 0 saturated heterocycles. The van der Waals surface area contributed by atoms with Gasteiger partial charge in [-0.1, -0.05) is 0 Å². The van der Waals surface area contributed by atoms with Crippen molar-refractivity contribution in [3.8, 4) is 5.82 Å². The Balaban J connectivity index is 2.03. The number of aromatic nitrogens is 3. The van der Waals surface area contributed by atoms with E-state index in [2.05, 4.69) is 20.5 Å². The maximum absolute atomic E-state index is 14.5. The number of hydrogen-bond donors (Lipinski definition) is 1. The minimum atomic E-state index is -1.36. The lowest BCUT2D eigenvalue weighted by Crippen LogP contribution is -2.40. The molecule has 2 aromatic heterocycles. The maximum atomic E-state index is 14.5. The number of aliphatic hydroxyl groups is 1. The predicted molar refractivity (Wildman–Crippen MR) is 106 cm³/mol. The Morgan fingerprint density at radius 2 is 2.14 bits per heavy atom. The molecule has 3 heterocycles. The van der Waals surface area contributed by atoms with Crippen molar-refractivity contribution in [2.75, 3.05) is 6.26 Å². The topological polar surface area (TPSA) is 86.5 Å². The van der Waals surface area contributed by atoms with E-state index in [0.717, 1.165) is 12.8 Å². The van der Waals surface area contributed by atoms with Crippen molar-refractivity contribution >= 4 is 22.8 Å². The molecule has 0 bridgehead atoms. The van der Waals surface area contributed by atoms with Gasteiger partial charge in [-0.25, -0.2) is 14.1 Å². The first-order valence-electron chi connectivity index (χ1n) is 9.12. The molecule has 2 aliphatic rings. The molecule has 0 spiro atoms. The van der Waals surface area contributed by atoms with Crippen LogP contribution in [-0.2, 0) is 5.60 Å². The average Bonchev–Trinajstić information content (AvgIpc) is 3.47. The zero-order valence-electron chi connectivity index (χ0n) is 16.1. The number of thioether (sulfide) groups is 1. The molecular weight excluding hydrogens is 381 g/mol. The van der Waals surface area contributed by atoms with Crippen LogP contribution in [-0.4, -0.2) is 36.7 Å². The Labute approximate surface area is 164 Å². The molecule has 0 aromatic carbocycles. The third-order valence-corrected chi connectivity index (χ3v) is 5.65. The number of amidine groups is 1. The summed E-state index contributed by atoms with van der Waals surface area (Å²) in [5, 5.41) is 11.6. The van der Waals surface area contributed by atoms with Gasteiger partial charge in [-0.2, -0.15) is 4.68 Å². The van der Waals surface area contributed by atoms with Gasteiger partial charge in [0, 0.05) is 11.0 Å². The maximum Gasteiger partial charge on any atom is 0.464 e. The van der Waals surface area contributed by atoms with Gasteiger partial charge in [-0.05, 0) is 69.7 Å². The summed E-state index contributed by atoms with van der Waals surface area (Å²) < 4.78 is 21.7. The lowest BCUT2D eigenvalue weighted by atomic mass is 9.95. The molecule has 1 fully saturated rings. The number of nitrogens with zero attached hydrogens (tertiary/aromatic N) is 5. The molecular formula is C19H21FN5O2S+. The fourth-order valence-corrected chi connectivity index (χ4v) is 3.76. The third-order valence-electron chi connectivity index (χ3n) is 5.10. The van der Waals surface area contributed by atoms with Crippen molar-refractivity contribution < 1.29 is 9.50 Å². The Morgan fingerprint density at radius 3 is 2.75 bits per heavy atom. The van der Waals surface area contributed by atoms with Crippen molar-refractivity contribution in [3.05, 3.63) is 44.7 Å². The summed E-state index contributed by atoms with van der Waals surface area (Å²) in [5.74, 6) is 2.50. The van der Waals surface area contributed by atoms with Crippen LogP contribution >= 0.6 is 11.8 Å². The van der Waals surface area contributed by atoms with E-state index in [9.17, 15) is 14.3 Å². The lowest BCUT2D eigenvalue weighted by molar-refractivity contribution is 0.0247. The van der Waals surface area contributed by atoms with E-state index in [1.165, 1.54) is 28.6 Å². The number of pyridine rings is 1. The Hall–Kier alpha value is -2.44. The zero-order chi connectivity index (χ0) is 20.2. The fourth-order valence-electron chi connectivity index (χ4n) is 3.45. The summed E-state index contributed by atoms with van der Waals surface area (Å²) in [7, 11) is 0. The van der Waals surface area contributed by atoms with Crippen LogP contribution < -0.4 is 20.9 Å². The van der Waals surface area contributed by atoms with Crippen molar-refractivity contribution in [3.63, 3.8) is 0 Å². The first-order valence-corrected chi connectivity index (χ1v) is 10.3. The first kappa shape index (κ1) is 18.9. The van der Waals surface area contributed by atoms with E-state index in [-0.39, 0.29) is 28.4 Å². The van der Waals surface area contributed by atoms with Gasteiger partial charge in [0.1, 0.15) is 17.1 Å². The standard InChI is InChI=1S/C19H21FN5O2S/c1-10(2)24-17(26)12-9-21-18(28-4)23-16(12)25(24)14-8-7-13(20)15(22-14)19(3,27)11-5-6-11/h7-8,10-11,27H,5-6H2,1-4H3/q+1. The molecule has 1 unspecified atom stereocenters. The highest BCUT2D eigenvalue weighted by Crippen LogP contribution is 2.45. The van der Waals surface area contributed by atoms with Gasteiger partial charge in [0.2, 0.25) is 11.1 Å². The van der Waals surface area contributed by atoms with Crippen LogP contribution in [0.2, 0.25) is 0 Å². The van der Waals surface area contributed by atoms with Crippen LogP contribution in [0.5, 0.6) is 0 Å². The Kier molecular flexibility index (Phi) is 4.43. The monoisotopic (exact) mass is 402 g/mol. The van der Waals surface area contributed by atoms with Crippen molar-refractivity contribution in [1.29, 1.82) is 0 Å². The fraction of sp³-hybridized carbons (Fsp3) is 0.474. The smallest absolute Gasteiger partial charge is 0.383 e. The first-order chi connectivity index (χ1) is 13.3. The molecule has 146 valence electrons. The van der Waals surface area contributed by atoms with Crippen LogP contribution in [0.3, 0.4) is 0 Å². The van der Waals surface area contributed by atoms with Gasteiger partial charge in [0.15, 0.2) is 5.82 Å². The number of rotatable bonds is 4. The van der Waals surface area contributed by atoms with Crippen molar-refractivity contribution in [2.24, 2.45) is 10.9 Å². The molecule has 1 atom stereocenters. The third kappa shape index (κ3) is 2.88. The SMILES string of the molecule is CSC1=[N+]=C=c2c(n(-c3ccc(F)c(C(C)(O)C4CC4)n3)n(C(C)C)c2=O)=N1. The molecule has 1 saturated carbocycles. The zero-order valence-corrected chi connectivity index (χ0v) is 16.9. The summed E-state index contributed by atoms with van der Waals surface area (Å²) in [6, 6.07) is 2.56. The summed E-state index contributed by atoms with van der Waals surface area (Å²) in [4.78, 5) is 21.8. The van der Waals surface area contributed by atoms with Crippen LogP contribution in [0.25, 0.3) is 5.82 Å². The molecule has 1 N–H and O–H groups in total. The summed E-state index contributed by atoms with van der Waals surface area (Å²) in [6.07, 6.45) is 3.50. The number of fused-ring (bicyclic) bond motifs is 1. The van der Waals surface area contributed by atoms with Crippen LogP contribution in [0.1, 0.15) is 45.3 Å². The van der Waals surface area contributed by atoms with Gasteiger partial charge in [0.05, 0.1) is 0 Å². The number of hydrogen-bond acceptors (Lipinski definition) is 5. The minimum Gasteiger partial charge on any atom is -0.383 e. The summed E-state index contributed by atoms with van der Waals surface area (Å²) >= 11 is 1.33. The quantitative estimate of drug-likeness (QED) is 0.737. The van der Waals surface area contributed by atoms with Crippen molar-refractivity contribution in [2.45, 2.75) is 45.3 Å². The highest BCUT2D eigenvalue weighted by atomic mass is 32.2. The van der Waals surface area contributed by atoms with Gasteiger partial charge >= 0.3 is 5.17 Å². The second-order valence-electron chi connectivity index (χ2n) is 7.50. The normalized spacial score (nSPS) is 17.6. The molecule has 1 aliphatic carbocycles. The molecule has 9 heteroatoms. The molecule has 7 nitrogen and oxygen atoms in total. The lowest BCUT2D eigenvalue weighted by Gasteiger charge is -2.23. The molecule has 4 rings (SSSR count). The average molecular weight is 402 g/mol. The second-order valence-corrected chi connectivity index (χ2v) is 8.27. The summed E-state index contributed by atoms with van der Waals surface area (Å²) in [5.41, 5.74) is -1.31. The second kappa shape index (κ2) is 6.57. The highest BCUT2D eigenvalue weighted by molar-refractivity contribution is 8.13.